The molecule has 0 N–H and O–H groups in total. The predicted molar refractivity (Wildman–Crippen MR) is 116 cm³/mol. The van der Waals surface area contributed by atoms with Crippen molar-refractivity contribution in [2.24, 2.45) is 11.8 Å². The monoisotopic (exact) mass is 419 g/mol. The standard InChI is InChI=1S/C24H26FN5O/c25-20-14-30(15-20)13-16-1-3-17(4-2-16)24(31)11-21-10-19-9-18(5-6-22(19)29-28-21)23-12-26-7-8-27-23/h5-10,12,16-17,20H,1-4,11,13-15H2. The van der Waals surface area contributed by atoms with Gasteiger partial charge in [0.05, 0.1) is 29.5 Å². The van der Waals surface area contributed by atoms with Crippen molar-refractivity contribution in [1.82, 2.24) is 25.1 Å². The summed E-state index contributed by atoms with van der Waals surface area (Å²) in [4.78, 5) is 23.6. The first-order chi connectivity index (χ1) is 15.1. The Morgan fingerprint density at radius 1 is 1.06 bits per heavy atom. The second kappa shape index (κ2) is 8.75. The van der Waals surface area contributed by atoms with Crippen LogP contribution in [0.25, 0.3) is 22.2 Å². The van der Waals surface area contributed by atoms with Crippen LogP contribution in [0.3, 0.4) is 0 Å². The van der Waals surface area contributed by atoms with Crippen LogP contribution in [0.15, 0.2) is 42.9 Å². The second-order valence-electron chi connectivity index (χ2n) is 8.88. The summed E-state index contributed by atoms with van der Waals surface area (Å²) in [6.45, 7) is 2.14. The van der Waals surface area contributed by atoms with Crippen molar-refractivity contribution in [3.8, 4) is 11.3 Å². The highest BCUT2D eigenvalue weighted by atomic mass is 19.1. The Bertz CT molecular complexity index is 1060. The molecule has 0 bridgehead atoms. The van der Waals surface area contributed by atoms with Gasteiger partial charge in [-0.3, -0.25) is 19.7 Å². The Kier molecular flexibility index (Phi) is 5.68. The number of likely N-dealkylation sites (tertiary alicyclic amines) is 1. The molecular formula is C24H26FN5O. The van der Waals surface area contributed by atoms with Crippen molar-refractivity contribution in [3.63, 3.8) is 0 Å². The van der Waals surface area contributed by atoms with Gasteiger partial charge in [0, 0.05) is 48.9 Å². The topological polar surface area (TPSA) is 71.9 Å². The number of hydrogen-bond donors (Lipinski definition) is 0. The van der Waals surface area contributed by atoms with Crippen LogP contribution in [0.2, 0.25) is 0 Å². The van der Waals surface area contributed by atoms with E-state index in [1.807, 2.05) is 24.3 Å². The molecule has 3 aromatic rings. The molecule has 31 heavy (non-hydrogen) atoms. The Labute approximate surface area is 180 Å². The third-order valence-corrected chi connectivity index (χ3v) is 6.58. The summed E-state index contributed by atoms with van der Waals surface area (Å²) in [6.07, 6.45) is 8.68. The first-order valence-electron chi connectivity index (χ1n) is 11.1. The summed E-state index contributed by atoms with van der Waals surface area (Å²) in [6, 6.07) is 7.86. The van der Waals surface area contributed by atoms with Gasteiger partial charge >= 0.3 is 0 Å². The van der Waals surface area contributed by atoms with Crippen molar-refractivity contribution in [2.45, 2.75) is 38.3 Å². The molecule has 1 saturated heterocycles. The molecule has 1 saturated carbocycles. The van der Waals surface area contributed by atoms with E-state index in [0.717, 1.165) is 54.4 Å². The number of nitrogens with zero attached hydrogens (tertiary/aromatic N) is 5. The number of ketones is 1. The van der Waals surface area contributed by atoms with Gasteiger partial charge in [0.1, 0.15) is 12.0 Å². The molecule has 7 heteroatoms. The zero-order chi connectivity index (χ0) is 21.2. The van der Waals surface area contributed by atoms with Gasteiger partial charge in [-0.2, -0.15) is 10.2 Å². The largest absolute Gasteiger partial charge is 0.299 e. The van der Waals surface area contributed by atoms with Gasteiger partial charge < -0.3 is 0 Å². The van der Waals surface area contributed by atoms with E-state index in [0.29, 0.717) is 31.1 Å². The highest BCUT2D eigenvalue weighted by Crippen LogP contribution is 2.32. The van der Waals surface area contributed by atoms with E-state index in [1.165, 1.54) is 0 Å². The number of carbonyl (C=O) groups is 1. The lowest BCUT2D eigenvalue weighted by molar-refractivity contribution is -0.123. The number of aromatic nitrogens is 4. The number of fused-ring (bicyclic) bond motifs is 1. The summed E-state index contributed by atoms with van der Waals surface area (Å²) in [5, 5.41) is 9.54. The van der Waals surface area contributed by atoms with Crippen LogP contribution >= 0.6 is 0 Å². The van der Waals surface area contributed by atoms with Gasteiger partial charge in [0.25, 0.3) is 0 Å². The lowest BCUT2D eigenvalue weighted by Crippen LogP contribution is -2.50. The molecular weight excluding hydrogens is 393 g/mol. The van der Waals surface area contributed by atoms with Crippen LogP contribution in [0.4, 0.5) is 4.39 Å². The first-order valence-corrected chi connectivity index (χ1v) is 11.1. The summed E-state index contributed by atoms with van der Waals surface area (Å²) in [7, 11) is 0. The van der Waals surface area contributed by atoms with Crippen molar-refractivity contribution in [3.05, 3.63) is 48.5 Å². The zero-order valence-electron chi connectivity index (χ0n) is 17.5. The molecule has 0 spiro atoms. The lowest BCUT2D eigenvalue weighted by Gasteiger charge is -2.38. The fraction of sp³-hybridized carbons (Fsp3) is 0.458. The third kappa shape index (κ3) is 4.61. The van der Waals surface area contributed by atoms with Crippen LogP contribution < -0.4 is 0 Å². The number of halogens is 1. The third-order valence-electron chi connectivity index (χ3n) is 6.58. The average molecular weight is 420 g/mol. The number of benzene rings is 1. The van der Waals surface area contributed by atoms with E-state index in [9.17, 15) is 9.18 Å². The Balaban J connectivity index is 1.21. The number of Topliss-reactive ketones (excluding diaryl/α,β-unsaturated/α-hetero) is 1. The van der Waals surface area contributed by atoms with Gasteiger partial charge in [-0.05, 0) is 49.8 Å². The molecule has 160 valence electrons. The van der Waals surface area contributed by atoms with Crippen LogP contribution in [-0.4, -0.2) is 56.7 Å². The van der Waals surface area contributed by atoms with E-state index < -0.39 is 6.17 Å². The molecule has 1 aromatic carbocycles. The molecule has 0 radical (unpaired) electrons. The zero-order valence-corrected chi connectivity index (χ0v) is 17.5. The predicted octanol–water partition coefficient (Wildman–Crippen LogP) is 3.66. The lowest BCUT2D eigenvalue weighted by atomic mass is 9.78. The Hall–Kier alpha value is -2.80. The van der Waals surface area contributed by atoms with E-state index in [2.05, 4.69) is 25.1 Å². The van der Waals surface area contributed by atoms with E-state index in [-0.39, 0.29) is 11.7 Å². The second-order valence-corrected chi connectivity index (χ2v) is 8.88. The van der Waals surface area contributed by atoms with E-state index >= 15 is 0 Å². The molecule has 0 unspecified atom stereocenters. The fourth-order valence-electron chi connectivity index (χ4n) is 4.79. The smallest absolute Gasteiger partial charge is 0.141 e. The van der Waals surface area contributed by atoms with Crippen LogP contribution in [0.5, 0.6) is 0 Å². The van der Waals surface area contributed by atoms with Crippen molar-refractivity contribution < 1.29 is 9.18 Å². The Morgan fingerprint density at radius 3 is 2.65 bits per heavy atom. The quantitative estimate of drug-likeness (QED) is 0.607. The van der Waals surface area contributed by atoms with E-state index in [1.54, 1.807) is 18.6 Å². The van der Waals surface area contributed by atoms with Gasteiger partial charge in [0.2, 0.25) is 0 Å². The average Bonchev–Trinajstić information content (AvgIpc) is 2.78. The molecule has 5 rings (SSSR count). The SMILES string of the molecule is O=C(Cc1cc2cc(-c3cnccn3)ccc2nn1)C1CCC(CN2CC(F)C2)CC1. The first kappa shape index (κ1) is 20.1. The molecule has 2 fully saturated rings. The van der Waals surface area contributed by atoms with Crippen LogP contribution in [0.1, 0.15) is 31.4 Å². The minimum absolute atomic E-state index is 0.102. The molecule has 1 aliphatic heterocycles. The highest BCUT2D eigenvalue weighted by molar-refractivity contribution is 5.86. The molecule has 1 aliphatic carbocycles. The maximum Gasteiger partial charge on any atom is 0.141 e. The van der Waals surface area contributed by atoms with Crippen molar-refractivity contribution >= 4 is 16.7 Å². The fourth-order valence-corrected chi connectivity index (χ4v) is 4.79. The minimum Gasteiger partial charge on any atom is -0.299 e. The number of hydrogen-bond acceptors (Lipinski definition) is 6. The number of rotatable bonds is 6. The summed E-state index contributed by atoms with van der Waals surface area (Å²) < 4.78 is 13.0. The van der Waals surface area contributed by atoms with Crippen molar-refractivity contribution in [2.75, 3.05) is 19.6 Å². The summed E-state index contributed by atoms with van der Waals surface area (Å²) >= 11 is 0. The van der Waals surface area contributed by atoms with Gasteiger partial charge in [0.15, 0.2) is 0 Å². The Morgan fingerprint density at radius 2 is 1.90 bits per heavy atom. The molecule has 0 atom stereocenters. The van der Waals surface area contributed by atoms with Crippen LogP contribution in [-0.2, 0) is 11.2 Å². The van der Waals surface area contributed by atoms with E-state index in [4.69, 9.17) is 0 Å². The van der Waals surface area contributed by atoms with Gasteiger partial charge in [-0.25, -0.2) is 4.39 Å². The van der Waals surface area contributed by atoms with Crippen molar-refractivity contribution in [1.29, 1.82) is 0 Å². The number of alkyl halides is 1. The highest BCUT2D eigenvalue weighted by Gasteiger charge is 2.31. The normalized spacial score (nSPS) is 22.4. The van der Waals surface area contributed by atoms with Crippen LogP contribution in [0, 0.1) is 11.8 Å². The summed E-state index contributed by atoms with van der Waals surface area (Å²) in [5.41, 5.74) is 3.28. The molecule has 6 nitrogen and oxygen atoms in total. The summed E-state index contributed by atoms with van der Waals surface area (Å²) in [5.74, 6) is 0.950. The molecule has 2 aliphatic rings. The molecule has 2 aromatic heterocycles. The maximum atomic E-state index is 13.0. The molecule has 3 heterocycles. The van der Waals surface area contributed by atoms with Gasteiger partial charge in [-0.1, -0.05) is 6.07 Å². The van der Waals surface area contributed by atoms with Gasteiger partial charge in [-0.15, -0.1) is 0 Å². The number of carbonyl (C=O) groups excluding carboxylic acids is 1. The molecule has 0 amide bonds. The minimum atomic E-state index is -0.641. The maximum absolute atomic E-state index is 13.0.